The number of amides is 1. The van der Waals surface area contributed by atoms with Gasteiger partial charge in [-0.2, -0.15) is 8.42 Å². The Balaban J connectivity index is 1.94. The van der Waals surface area contributed by atoms with E-state index in [9.17, 15) is 23.3 Å². The highest BCUT2D eigenvalue weighted by molar-refractivity contribution is 7.90. The number of benzene rings is 2. The van der Waals surface area contributed by atoms with E-state index in [1.54, 1.807) is 0 Å². The Labute approximate surface area is 176 Å². The fourth-order valence-electron chi connectivity index (χ4n) is 2.10. The number of carbonyl (C=O) groups is 1. The Kier molecular flexibility index (Phi) is 7.17. The molecule has 0 atom stereocenters. The van der Waals surface area contributed by atoms with Crippen molar-refractivity contribution in [2.45, 2.75) is 4.90 Å². The van der Waals surface area contributed by atoms with Crippen molar-refractivity contribution < 1.29 is 18.1 Å². The quantitative estimate of drug-likeness (QED) is 0.125. The smallest absolute Gasteiger partial charge is 0.285 e. The minimum absolute atomic E-state index is 0.0202. The van der Waals surface area contributed by atoms with Gasteiger partial charge in [-0.05, 0) is 60.3 Å². The highest BCUT2D eigenvalue weighted by Gasteiger charge is 2.13. The summed E-state index contributed by atoms with van der Waals surface area (Å²) in [6, 6.07) is 11.0. The van der Waals surface area contributed by atoms with Gasteiger partial charge in [-0.15, -0.1) is 4.40 Å². The maximum atomic E-state index is 11.9. The molecule has 2 rings (SSSR count). The van der Waals surface area contributed by atoms with Gasteiger partial charge in [-0.3, -0.25) is 20.2 Å². The summed E-state index contributed by atoms with van der Waals surface area (Å²) in [6.07, 6.45) is 2.67. The van der Waals surface area contributed by atoms with Crippen LogP contribution in [-0.2, 0) is 14.8 Å². The van der Waals surface area contributed by atoms with Gasteiger partial charge in [0.05, 0.1) is 9.82 Å². The van der Waals surface area contributed by atoms with Crippen LogP contribution < -0.4 is 22.1 Å². The predicted octanol–water partition coefficient (Wildman–Crippen LogP) is 1.08. The van der Waals surface area contributed by atoms with Gasteiger partial charge in [0, 0.05) is 23.9 Å². The average Bonchev–Trinajstić information content (AvgIpc) is 2.66. The highest BCUT2D eigenvalue weighted by atomic mass is 32.2. The lowest BCUT2D eigenvalue weighted by molar-refractivity contribution is -0.384. The van der Waals surface area contributed by atoms with Gasteiger partial charge in [0.15, 0.2) is 5.11 Å². The summed E-state index contributed by atoms with van der Waals surface area (Å²) >= 11 is 5.03. The molecule has 0 aromatic heterocycles. The molecule has 0 aliphatic rings. The predicted molar refractivity (Wildman–Crippen MR) is 116 cm³/mol. The van der Waals surface area contributed by atoms with Gasteiger partial charge >= 0.3 is 0 Å². The van der Waals surface area contributed by atoms with Crippen molar-refractivity contribution in [1.82, 2.24) is 5.32 Å². The third-order valence-corrected chi connectivity index (χ3v) is 4.93. The molecule has 11 nitrogen and oxygen atoms in total. The van der Waals surface area contributed by atoms with Crippen molar-refractivity contribution in [3.05, 3.63) is 70.3 Å². The number of carbonyl (C=O) groups excluding carboxylic acids is 1. The number of nitrogens with zero attached hydrogens (tertiary/aromatic N) is 2. The van der Waals surface area contributed by atoms with Crippen LogP contribution in [-0.4, -0.2) is 30.3 Å². The third kappa shape index (κ3) is 6.65. The highest BCUT2D eigenvalue weighted by Crippen LogP contribution is 2.16. The first-order chi connectivity index (χ1) is 14.1. The molecule has 156 valence electrons. The fraction of sp³-hybridized carbons (Fsp3) is 0. The second-order valence-electron chi connectivity index (χ2n) is 5.64. The molecule has 0 heterocycles. The maximum Gasteiger partial charge on any atom is 0.285 e. The topological polar surface area (TPSA) is 183 Å². The lowest BCUT2D eigenvalue weighted by atomic mass is 10.2. The molecule has 30 heavy (non-hydrogen) atoms. The van der Waals surface area contributed by atoms with E-state index in [1.165, 1.54) is 60.7 Å². The summed E-state index contributed by atoms with van der Waals surface area (Å²) in [7, 11) is -4.00. The fourth-order valence-corrected chi connectivity index (χ4v) is 3.18. The molecule has 0 aliphatic heterocycles. The van der Waals surface area contributed by atoms with E-state index in [-0.39, 0.29) is 15.7 Å². The van der Waals surface area contributed by atoms with Gasteiger partial charge in [0.2, 0.25) is 11.9 Å². The van der Waals surface area contributed by atoms with Crippen LogP contribution >= 0.6 is 12.2 Å². The van der Waals surface area contributed by atoms with Gasteiger partial charge in [0.25, 0.3) is 15.7 Å². The van der Waals surface area contributed by atoms with E-state index in [1.807, 2.05) is 0 Å². The number of hydrogen-bond acceptors (Lipinski definition) is 6. The molecule has 1 amide bonds. The summed E-state index contributed by atoms with van der Waals surface area (Å²) in [5, 5.41) is 15.7. The Morgan fingerprint density at radius 3 is 2.23 bits per heavy atom. The molecule has 0 aliphatic carbocycles. The van der Waals surface area contributed by atoms with Crippen molar-refractivity contribution in [2.24, 2.45) is 15.9 Å². The standard InChI is InChI=1S/C17H16N6O5S2/c18-16(19)22-30(27,28)14-8-4-12(5-9-14)20-17(29)21-15(24)10-3-11-1-6-13(7-2-11)23(25)26/h1-10H,(H4,18,19,22)(H2,20,21,24,29)/b10-3+. The molecule has 0 bridgehead atoms. The molecule has 0 fully saturated rings. The number of anilines is 1. The van der Waals surface area contributed by atoms with Gasteiger partial charge in [0.1, 0.15) is 0 Å². The molecule has 13 heteroatoms. The first-order valence-corrected chi connectivity index (χ1v) is 9.92. The zero-order chi connectivity index (χ0) is 22.3. The van der Waals surface area contributed by atoms with Crippen LogP contribution in [0.5, 0.6) is 0 Å². The lowest BCUT2D eigenvalue weighted by Crippen LogP contribution is -2.32. The first kappa shape index (κ1) is 22.4. The van der Waals surface area contributed by atoms with Crippen LogP contribution in [0.1, 0.15) is 5.56 Å². The minimum Gasteiger partial charge on any atom is -0.369 e. The van der Waals surface area contributed by atoms with Crippen LogP contribution in [0.2, 0.25) is 0 Å². The van der Waals surface area contributed by atoms with Crippen molar-refractivity contribution in [2.75, 3.05) is 5.32 Å². The second kappa shape index (κ2) is 9.58. The van der Waals surface area contributed by atoms with Gasteiger partial charge in [-0.25, -0.2) is 0 Å². The number of thiocarbonyl (C=S) groups is 1. The number of rotatable bonds is 6. The van der Waals surface area contributed by atoms with E-state index < -0.39 is 26.8 Å². The molecular formula is C17H16N6O5S2. The monoisotopic (exact) mass is 448 g/mol. The Bertz CT molecular complexity index is 1120. The van der Waals surface area contributed by atoms with Crippen LogP contribution in [0.3, 0.4) is 0 Å². The number of non-ortho nitro benzene ring substituents is 1. The zero-order valence-corrected chi connectivity index (χ0v) is 16.8. The molecule has 2 aromatic rings. The van der Waals surface area contributed by atoms with E-state index in [2.05, 4.69) is 15.0 Å². The average molecular weight is 448 g/mol. The third-order valence-electron chi connectivity index (χ3n) is 3.40. The van der Waals surface area contributed by atoms with Crippen molar-refractivity contribution in [3.63, 3.8) is 0 Å². The van der Waals surface area contributed by atoms with Crippen LogP contribution in [0.15, 0.2) is 63.9 Å². The maximum absolute atomic E-state index is 11.9. The lowest BCUT2D eigenvalue weighted by Gasteiger charge is -2.08. The van der Waals surface area contributed by atoms with Crippen molar-refractivity contribution in [1.29, 1.82) is 0 Å². The van der Waals surface area contributed by atoms with E-state index in [0.717, 1.165) is 0 Å². The normalized spacial score (nSPS) is 10.9. The van der Waals surface area contributed by atoms with Gasteiger partial charge in [-0.1, -0.05) is 0 Å². The Morgan fingerprint density at radius 2 is 1.70 bits per heavy atom. The summed E-state index contributed by atoms with van der Waals surface area (Å²) in [6.45, 7) is 0. The van der Waals surface area contributed by atoms with Crippen LogP contribution in [0, 0.1) is 10.1 Å². The summed E-state index contributed by atoms with van der Waals surface area (Å²) in [5.41, 5.74) is 11.1. The summed E-state index contributed by atoms with van der Waals surface area (Å²) < 4.78 is 26.9. The largest absolute Gasteiger partial charge is 0.369 e. The molecule has 0 saturated heterocycles. The molecule has 0 saturated carbocycles. The molecule has 6 N–H and O–H groups in total. The zero-order valence-electron chi connectivity index (χ0n) is 15.2. The molecule has 0 spiro atoms. The number of nitrogens with one attached hydrogen (secondary N) is 2. The SMILES string of the molecule is NC(N)=NS(=O)(=O)c1ccc(NC(=S)NC(=O)/C=C/c2ccc([N+](=O)[O-])cc2)cc1. The number of nitrogens with two attached hydrogens (primary N) is 2. The Morgan fingerprint density at radius 1 is 1.10 bits per heavy atom. The van der Waals surface area contributed by atoms with Crippen molar-refractivity contribution in [3.8, 4) is 0 Å². The number of hydrogen-bond donors (Lipinski definition) is 4. The van der Waals surface area contributed by atoms with Gasteiger partial charge < -0.3 is 16.8 Å². The first-order valence-electron chi connectivity index (χ1n) is 8.07. The minimum atomic E-state index is -4.00. The van der Waals surface area contributed by atoms with E-state index >= 15 is 0 Å². The Hall–Kier alpha value is -3.84. The van der Waals surface area contributed by atoms with Crippen LogP contribution in [0.25, 0.3) is 6.08 Å². The summed E-state index contributed by atoms with van der Waals surface area (Å²) in [5.74, 6) is -1.11. The number of sulfonamides is 1. The second-order valence-corrected chi connectivity index (χ2v) is 7.65. The van der Waals surface area contributed by atoms with Crippen molar-refractivity contribution >= 4 is 56.7 Å². The molecular weight excluding hydrogens is 432 g/mol. The van der Waals surface area contributed by atoms with E-state index in [0.29, 0.717) is 11.3 Å². The molecule has 0 radical (unpaired) electrons. The van der Waals surface area contributed by atoms with Crippen LogP contribution in [0.4, 0.5) is 11.4 Å². The molecule has 2 aromatic carbocycles. The van der Waals surface area contributed by atoms with E-state index in [4.69, 9.17) is 23.7 Å². The number of guanidine groups is 1. The summed E-state index contributed by atoms with van der Waals surface area (Å²) in [4.78, 5) is 21.9. The number of nitro benzene ring substituents is 1. The number of nitro groups is 1. The molecule has 0 unspecified atom stereocenters.